The van der Waals surface area contributed by atoms with Gasteiger partial charge in [-0.15, -0.1) is 11.3 Å². The minimum atomic E-state index is -3.67. The summed E-state index contributed by atoms with van der Waals surface area (Å²) in [5.74, 6) is -1.54. The molecule has 0 radical (unpaired) electrons. The number of ether oxygens (including phenoxy) is 1. The summed E-state index contributed by atoms with van der Waals surface area (Å²) in [6, 6.07) is 8.38. The van der Waals surface area contributed by atoms with Crippen LogP contribution in [0, 0.1) is 0 Å². The molecule has 2 amide bonds. The lowest BCUT2D eigenvalue weighted by Gasteiger charge is -2.30. The average Bonchev–Trinajstić information content (AvgIpc) is 3.45. The normalized spacial score (nSPS) is 18.7. The van der Waals surface area contributed by atoms with Crippen molar-refractivity contribution in [3.8, 4) is 0 Å². The lowest BCUT2D eigenvalue weighted by Crippen LogP contribution is -2.39. The van der Waals surface area contributed by atoms with E-state index >= 15 is 0 Å². The second-order valence-corrected chi connectivity index (χ2v) is 10.3. The zero-order valence-corrected chi connectivity index (χ0v) is 17.9. The largest absolute Gasteiger partial charge is 0.376 e. The highest BCUT2D eigenvalue weighted by Gasteiger charge is 2.30. The first-order valence-corrected chi connectivity index (χ1v) is 12.2. The lowest BCUT2D eigenvalue weighted by atomic mass is 10.0. The quantitative estimate of drug-likeness (QED) is 0.681. The number of thiophene rings is 1. The number of nitrogens with zero attached hydrogens (tertiary/aromatic N) is 1. The molecule has 2 aliphatic rings. The van der Waals surface area contributed by atoms with Gasteiger partial charge in [-0.05, 0) is 54.8 Å². The van der Waals surface area contributed by atoms with Gasteiger partial charge >= 0.3 is 11.8 Å². The molecular weight excluding hydrogens is 426 g/mol. The predicted octanol–water partition coefficient (Wildman–Crippen LogP) is 2.12. The molecule has 1 aromatic heterocycles. The Morgan fingerprint density at radius 3 is 2.80 bits per heavy atom. The van der Waals surface area contributed by atoms with Gasteiger partial charge in [-0.2, -0.15) is 0 Å². The van der Waals surface area contributed by atoms with E-state index in [0.29, 0.717) is 31.1 Å². The van der Waals surface area contributed by atoms with Crippen molar-refractivity contribution in [3.05, 3.63) is 41.3 Å². The fourth-order valence-electron chi connectivity index (χ4n) is 3.67. The number of hydrogen-bond donors (Lipinski definition) is 2. The molecule has 2 aliphatic heterocycles. The summed E-state index contributed by atoms with van der Waals surface area (Å²) in [6.07, 6.45) is 3.23. The monoisotopic (exact) mass is 449 g/mol. The predicted molar refractivity (Wildman–Crippen MR) is 114 cm³/mol. The number of anilines is 2. The van der Waals surface area contributed by atoms with Crippen LogP contribution >= 0.6 is 11.3 Å². The van der Waals surface area contributed by atoms with Crippen LogP contribution < -0.4 is 14.9 Å². The van der Waals surface area contributed by atoms with E-state index in [9.17, 15) is 18.0 Å². The number of nitrogens with one attached hydrogen (secondary N) is 2. The third kappa shape index (κ3) is 4.35. The van der Waals surface area contributed by atoms with Crippen molar-refractivity contribution in [2.24, 2.45) is 0 Å². The Bertz CT molecular complexity index is 1030. The van der Waals surface area contributed by atoms with Crippen molar-refractivity contribution < 1.29 is 22.7 Å². The van der Waals surface area contributed by atoms with Crippen LogP contribution in [-0.2, 0) is 30.8 Å². The third-order valence-corrected chi connectivity index (χ3v) is 8.37. The summed E-state index contributed by atoms with van der Waals surface area (Å²) < 4.78 is 33.2. The third-order valence-electron chi connectivity index (χ3n) is 5.18. The van der Waals surface area contributed by atoms with Crippen LogP contribution in [0.25, 0.3) is 0 Å². The smallest absolute Gasteiger partial charge is 0.313 e. The van der Waals surface area contributed by atoms with E-state index in [1.807, 2.05) is 0 Å². The second kappa shape index (κ2) is 8.75. The Morgan fingerprint density at radius 1 is 1.20 bits per heavy atom. The van der Waals surface area contributed by atoms with Gasteiger partial charge in [0.05, 0.1) is 11.8 Å². The highest BCUT2D eigenvalue weighted by Crippen LogP contribution is 2.35. The molecule has 0 bridgehead atoms. The first kappa shape index (κ1) is 20.8. The Kier molecular flexibility index (Phi) is 6.07. The Morgan fingerprint density at radius 2 is 2.07 bits per heavy atom. The maximum Gasteiger partial charge on any atom is 0.313 e. The van der Waals surface area contributed by atoms with Crippen molar-refractivity contribution >= 4 is 44.5 Å². The lowest BCUT2D eigenvalue weighted by molar-refractivity contribution is -0.136. The number of benzene rings is 1. The van der Waals surface area contributed by atoms with E-state index in [1.165, 1.54) is 15.6 Å². The first-order valence-electron chi connectivity index (χ1n) is 9.85. The zero-order chi connectivity index (χ0) is 21.1. The number of aryl methyl sites for hydroxylation is 1. The number of sulfonamides is 1. The molecule has 1 atom stereocenters. The van der Waals surface area contributed by atoms with Gasteiger partial charge in [0, 0.05) is 25.4 Å². The van der Waals surface area contributed by atoms with E-state index in [2.05, 4.69) is 10.6 Å². The van der Waals surface area contributed by atoms with Crippen molar-refractivity contribution in [1.82, 2.24) is 5.32 Å². The molecule has 4 rings (SSSR count). The van der Waals surface area contributed by atoms with Crippen molar-refractivity contribution in [2.75, 3.05) is 29.3 Å². The minimum absolute atomic E-state index is 0.0542. The highest BCUT2D eigenvalue weighted by molar-refractivity contribution is 7.94. The van der Waals surface area contributed by atoms with Gasteiger partial charge in [-0.25, -0.2) is 8.42 Å². The topological polar surface area (TPSA) is 105 Å². The number of carbonyl (C=O) groups is 2. The molecule has 30 heavy (non-hydrogen) atoms. The molecule has 0 spiro atoms. The summed E-state index contributed by atoms with van der Waals surface area (Å²) in [5.41, 5.74) is 1.80. The van der Waals surface area contributed by atoms with Crippen molar-refractivity contribution in [1.29, 1.82) is 0 Å². The number of rotatable bonds is 5. The van der Waals surface area contributed by atoms with Crippen LogP contribution in [0.1, 0.15) is 24.8 Å². The maximum absolute atomic E-state index is 13.0. The van der Waals surface area contributed by atoms with E-state index in [4.69, 9.17) is 4.74 Å². The summed E-state index contributed by atoms with van der Waals surface area (Å²) in [6.45, 7) is 1.34. The molecule has 2 aromatic rings. The molecule has 10 heteroatoms. The maximum atomic E-state index is 13.0. The number of amides is 2. The fraction of sp³-hybridized carbons (Fsp3) is 0.400. The molecule has 1 aromatic carbocycles. The van der Waals surface area contributed by atoms with Crippen LogP contribution in [0.3, 0.4) is 0 Å². The van der Waals surface area contributed by atoms with Gasteiger partial charge in [0.25, 0.3) is 10.0 Å². The summed E-state index contributed by atoms with van der Waals surface area (Å²) in [4.78, 5) is 24.3. The molecule has 2 N–H and O–H groups in total. The molecule has 0 aliphatic carbocycles. The number of fused-ring (bicyclic) bond motifs is 1. The summed E-state index contributed by atoms with van der Waals surface area (Å²) in [5, 5.41) is 6.87. The molecule has 1 unspecified atom stereocenters. The van der Waals surface area contributed by atoms with Gasteiger partial charge in [0.2, 0.25) is 0 Å². The first-order chi connectivity index (χ1) is 14.4. The van der Waals surface area contributed by atoms with Gasteiger partial charge in [0.15, 0.2) is 0 Å². The van der Waals surface area contributed by atoms with Crippen LogP contribution in [0.15, 0.2) is 39.9 Å². The van der Waals surface area contributed by atoms with Gasteiger partial charge in [-0.1, -0.05) is 12.1 Å². The number of hydrogen-bond acceptors (Lipinski definition) is 6. The zero-order valence-electron chi connectivity index (χ0n) is 16.3. The molecule has 8 nitrogen and oxygen atoms in total. The highest BCUT2D eigenvalue weighted by atomic mass is 32.2. The molecule has 0 saturated carbocycles. The Hall–Kier alpha value is -2.43. The van der Waals surface area contributed by atoms with Gasteiger partial charge in [0.1, 0.15) is 4.21 Å². The van der Waals surface area contributed by atoms with E-state index < -0.39 is 21.8 Å². The molecule has 1 saturated heterocycles. The van der Waals surface area contributed by atoms with Crippen LogP contribution in [-0.4, -0.2) is 46.0 Å². The van der Waals surface area contributed by atoms with Crippen LogP contribution in [0.4, 0.5) is 11.4 Å². The number of carbonyl (C=O) groups excluding carboxylic acids is 2. The van der Waals surface area contributed by atoms with Crippen molar-refractivity contribution in [3.63, 3.8) is 0 Å². The van der Waals surface area contributed by atoms with Gasteiger partial charge < -0.3 is 15.4 Å². The van der Waals surface area contributed by atoms with Crippen LogP contribution in [0.2, 0.25) is 0 Å². The van der Waals surface area contributed by atoms with E-state index in [-0.39, 0.29) is 10.3 Å². The molecule has 1 fully saturated rings. The van der Waals surface area contributed by atoms with Gasteiger partial charge in [-0.3, -0.25) is 13.9 Å². The van der Waals surface area contributed by atoms with Crippen LogP contribution in [0.5, 0.6) is 0 Å². The second-order valence-electron chi connectivity index (χ2n) is 7.26. The molecule has 3 heterocycles. The Labute approximate surface area is 179 Å². The van der Waals surface area contributed by atoms with E-state index in [1.54, 1.807) is 35.7 Å². The molecule has 160 valence electrons. The van der Waals surface area contributed by atoms with Crippen molar-refractivity contribution in [2.45, 2.75) is 36.0 Å². The summed E-state index contributed by atoms with van der Waals surface area (Å²) in [7, 11) is -3.67. The minimum Gasteiger partial charge on any atom is -0.376 e. The molecular formula is C20H23N3O5S2. The SMILES string of the molecule is O=C(NCC1CCCO1)C(=O)Nc1ccc2c(c1)N(S(=O)(=O)c1cccs1)CCC2. The fourth-order valence-corrected chi connectivity index (χ4v) is 6.30. The summed E-state index contributed by atoms with van der Waals surface area (Å²) >= 11 is 1.17. The van der Waals surface area contributed by atoms with E-state index in [0.717, 1.165) is 31.2 Å². The average molecular weight is 450 g/mol. The standard InChI is InChI=1S/C20H23N3O5S2/c24-19(21-13-16-5-2-10-28-16)20(25)22-15-8-7-14-4-1-9-23(17(14)12-15)30(26,27)18-6-3-11-29-18/h3,6-8,11-12,16H,1-2,4-5,9-10,13H2,(H,21,24)(H,22,25). The Balaban J connectivity index is 1.48.